The van der Waals surface area contributed by atoms with Gasteiger partial charge in [-0.2, -0.15) is 0 Å². The maximum Gasteiger partial charge on any atom is 0.271 e. The van der Waals surface area contributed by atoms with Gasteiger partial charge in [0.05, 0.1) is 16.3 Å². The zero-order valence-electron chi connectivity index (χ0n) is 23.8. The van der Waals surface area contributed by atoms with Gasteiger partial charge in [0.15, 0.2) is 4.80 Å². The average Bonchev–Trinajstić information content (AvgIpc) is 3.26. The summed E-state index contributed by atoms with van der Waals surface area (Å²) in [5.74, 6) is 0. The van der Waals surface area contributed by atoms with Crippen molar-refractivity contribution < 1.29 is 0 Å². The van der Waals surface area contributed by atoms with Crippen LogP contribution in [0, 0.1) is 0 Å². The normalized spacial score (nSPS) is 17.7. The smallest absolute Gasteiger partial charge is 0.271 e. The van der Waals surface area contributed by atoms with E-state index in [-0.39, 0.29) is 11.6 Å². The summed E-state index contributed by atoms with van der Waals surface area (Å²) < 4.78 is 3.61. The summed E-state index contributed by atoms with van der Waals surface area (Å²) in [6.45, 7) is 0. The third kappa shape index (κ3) is 5.48. The van der Waals surface area contributed by atoms with Gasteiger partial charge in [0.25, 0.3) is 5.56 Å². The minimum absolute atomic E-state index is 0.0114. The molecule has 0 radical (unpaired) electrons. The fraction of sp³-hybridized carbons (Fsp3) is 0.235. The molecule has 0 saturated heterocycles. The Bertz CT molecular complexity index is 1840. The number of hydrogen-bond acceptors (Lipinski definition) is 5. The van der Waals surface area contributed by atoms with Crippen LogP contribution in [0.1, 0.15) is 42.0 Å². The molecule has 5 nitrogen and oxygen atoms in total. The summed E-state index contributed by atoms with van der Waals surface area (Å²) >= 11 is 5.03. The molecule has 0 spiro atoms. The van der Waals surface area contributed by atoms with E-state index in [9.17, 15) is 4.79 Å². The molecule has 0 fully saturated rings. The van der Waals surface area contributed by atoms with Crippen molar-refractivity contribution in [2.75, 3.05) is 38.0 Å². The summed E-state index contributed by atoms with van der Waals surface area (Å²) in [7, 11) is 8.20. The van der Waals surface area contributed by atoms with E-state index in [1.165, 1.54) is 33.7 Å². The van der Waals surface area contributed by atoms with Crippen molar-refractivity contribution >= 4 is 50.8 Å². The quantitative estimate of drug-likeness (QED) is 0.259. The molecule has 0 N–H and O–H groups in total. The van der Waals surface area contributed by atoms with Crippen LogP contribution in [0.15, 0.2) is 104 Å². The number of halogens is 1. The number of benzene rings is 3. The Morgan fingerprint density at radius 3 is 2.22 bits per heavy atom. The van der Waals surface area contributed by atoms with Crippen LogP contribution < -0.4 is 24.7 Å². The van der Waals surface area contributed by atoms with Gasteiger partial charge in [-0.15, -0.1) is 0 Å². The Balaban J connectivity index is 1.53. The SMILES string of the molecule is CN(C)c1ccc(/C=C2/CCCC3=C2N=c2s/c(=C/c4cccc(Br)c4)c(=O)n2C3c2ccc(N(C)C)cc2)cc1. The number of nitrogens with zero attached hydrogens (tertiary/aromatic N) is 4. The molecule has 3 aromatic carbocycles. The molecule has 1 aliphatic heterocycles. The highest BCUT2D eigenvalue weighted by Crippen LogP contribution is 2.41. The molecule has 2 aliphatic rings. The molecule has 0 bridgehead atoms. The third-order valence-corrected chi connectivity index (χ3v) is 9.23. The number of hydrogen-bond donors (Lipinski definition) is 0. The number of thiazole rings is 1. The molecule has 1 atom stereocenters. The molecule has 0 saturated carbocycles. The maximum absolute atomic E-state index is 14.0. The highest BCUT2D eigenvalue weighted by molar-refractivity contribution is 9.10. The Labute approximate surface area is 253 Å². The lowest BCUT2D eigenvalue weighted by molar-refractivity contribution is 0.553. The van der Waals surface area contributed by atoms with Crippen LogP contribution in [0.5, 0.6) is 0 Å². The number of anilines is 2. The zero-order chi connectivity index (χ0) is 28.7. The van der Waals surface area contributed by atoms with E-state index in [1.54, 1.807) is 0 Å². The molecule has 1 unspecified atom stereocenters. The second-order valence-electron chi connectivity index (χ2n) is 11.0. The van der Waals surface area contributed by atoms with Crippen LogP contribution in [0.3, 0.4) is 0 Å². The molecule has 1 aromatic heterocycles. The number of rotatable bonds is 5. The summed E-state index contributed by atoms with van der Waals surface area (Å²) in [6.07, 6.45) is 7.18. The van der Waals surface area contributed by atoms with E-state index in [1.807, 2.05) is 49.0 Å². The van der Waals surface area contributed by atoms with Crippen molar-refractivity contribution in [1.29, 1.82) is 0 Å². The van der Waals surface area contributed by atoms with E-state index in [2.05, 4.69) is 94.4 Å². The average molecular weight is 626 g/mol. The Morgan fingerprint density at radius 2 is 1.56 bits per heavy atom. The van der Waals surface area contributed by atoms with Gasteiger partial charge in [0, 0.05) is 44.0 Å². The Hall–Kier alpha value is -3.68. The molecule has 2 heterocycles. The zero-order valence-corrected chi connectivity index (χ0v) is 26.2. The van der Waals surface area contributed by atoms with Crippen LogP contribution in [-0.4, -0.2) is 32.8 Å². The highest BCUT2D eigenvalue weighted by atomic mass is 79.9. The molecule has 7 heteroatoms. The molecule has 0 amide bonds. The molecule has 41 heavy (non-hydrogen) atoms. The maximum atomic E-state index is 14.0. The van der Waals surface area contributed by atoms with Gasteiger partial charge in [-0.05, 0) is 95.6 Å². The van der Waals surface area contributed by atoms with Gasteiger partial charge in [-0.3, -0.25) is 9.36 Å². The lowest BCUT2D eigenvalue weighted by Crippen LogP contribution is -2.39. The second-order valence-corrected chi connectivity index (χ2v) is 12.9. The Kier molecular flexibility index (Phi) is 7.58. The first kappa shape index (κ1) is 27.5. The monoisotopic (exact) mass is 624 g/mol. The van der Waals surface area contributed by atoms with Crippen LogP contribution >= 0.6 is 27.3 Å². The van der Waals surface area contributed by atoms with E-state index in [0.29, 0.717) is 4.53 Å². The summed E-state index contributed by atoms with van der Waals surface area (Å²) in [5, 5.41) is 0. The number of fused-ring (bicyclic) bond motifs is 1. The molecular formula is C34H33BrN4OS. The summed E-state index contributed by atoms with van der Waals surface area (Å²) in [6, 6.07) is 25.1. The van der Waals surface area contributed by atoms with E-state index in [4.69, 9.17) is 4.99 Å². The van der Waals surface area contributed by atoms with Crippen molar-refractivity contribution in [3.8, 4) is 0 Å². The number of allylic oxidation sites excluding steroid dienone is 2. The highest BCUT2D eigenvalue weighted by Gasteiger charge is 2.32. The topological polar surface area (TPSA) is 40.8 Å². The van der Waals surface area contributed by atoms with E-state index in [0.717, 1.165) is 51.0 Å². The largest absolute Gasteiger partial charge is 0.378 e. The minimum atomic E-state index is -0.179. The first-order valence-corrected chi connectivity index (χ1v) is 15.5. The van der Waals surface area contributed by atoms with Crippen molar-refractivity contribution in [3.63, 3.8) is 0 Å². The molecule has 1 aliphatic carbocycles. The molecular weight excluding hydrogens is 592 g/mol. The Morgan fingerprint density at radius 1 is 0.878 bits per heavy atom. The van der Waals surface area contributed by atoms with Crippen molar-refractivity contribution in [3.05, 3.63) is 130 Å². The van der Waals surface area contributed by atoms with Crippen molar-refractivity contribution in [1.82, 2.24) is 4.57 Å². The fourth-order valence-electron chi connectivity index (χ4n) is 5.63. The van der Waals surface area contributed by atoms with Crippen LogP contribution in [-0.2, 0) is 0 Å². The lowest BCUT2D eigenvalue weighted by Gasteiger charge is -2.31. The second kappa shape index (κ2) is 11.3. The first-order valence-electron chi connectivity index (χ1n) is 13.8. The van der Waals surface area contributed by atoms with E-state index < -0.39 is 0 Å². The summed E-state index contributed by atoms with van der Waals surface area (Å²) in [5.41, 5.74) is 9.11. The van der Waals surface area contributed by atoms with Gasteiger partial charge < -0.3 is 9.80 Å². The molecule has 208 valence electrons. The first-order chi connectivity index (χ1) is 19.8. The predicted octanol–water partition coefficient (Wildman–Crippen LogP) is 6.38. The van der Waals surface area contributed by atoms with Gasteiger partial charge in [0.1, 0.15) is 0 Å². The summed E-state index contributed by atoms with van der Waals surface area (Å²) in [4.78, 5) is 24.2. The third-order valence-electron chi connectivity index (χ3n) is 7.76. The van der Waals surface area contributed by atoms with Crippen LogP contribution in [0.4, 0.5) is 11.4 Å². The van der Waals surface area contributed by atoms with Crippen molar-refractivity contribution in [2.24, 2.45) is 4.99 Å². The van der Waals surface area contributed by atoms with Gasteiger partial charge in [-0.1, -0.05) is 63.7 Å². The molecule has 6 rings (SSSR count). The minimum Gasteiger partial charge on any atom is -0.378 e. The molecule has 4 aromatic rings. The van der Waals surface area contributed by atoms with Crippen LogP contribution in [0.25, 0.3) is 12.2 Å². The number of aromatic nitrogens is 1. The van der Waals surface area contributed by atoms with Gasteiger partial charge in [0.2, 0.25) is 0 Å². The van der Waals surface area contributed by atoms with E-state index >= 15 is 0 Å². The fourth-order valence-corrected chi connectivity index (χ4v) is 7.05. The van der Waals surface area contributed by atoms with Crippen molar-refractivity contribution in [2.45, 2.75) is 25.3 Å². The van der Waals surface area contributed by atoms with Gasteiger partial charge >= 0.3 is 0 Å². The van der Waals surface area contributed by atoms with Crippen LogP contribution in [0.2, 0.25) is 0 Å². The van der Waals surface area contributed by atoms with Gasteiger partial charge in [-0.25, -0.2) is 4.99 Å². The standard InChI is InChI=1S/C34H33BrN4OS/c1-37(2)27-15-11-22(12-16-27)19-25-8-6-10-29-31(25)36-34-39(32(29)24-13-17-28(18-14-24)38(3)4)33(40)30(41-34)21-23-7-5-9-26(35)20-23/h5,7,9,11-21,32H,6,8,10H2,1-4H3/b25-19-,30-21+. The lowest BCUT2D eigenvalue weighted by atomic mass is 9.83. The predicted molar refractivity (Wildman–Crippen MR) is 176 cm³/mol.